The Morgan fingerprint density at radius 2 is 2.54 bits per heavy atom. The molecule has 4 nitrogen and oxygen atoms in total. The molecule has 1 N–H and O–H groups in total. The maximum Gasteiger partial charge on any atom is 0.221 e. The number of rotatable bonds is 4. The molecule has 0 aliphatic heterocycles. The number of aromatic nitrogens is 2. The van der Waals surface area contributed by atoms with Crippen LogP contribution in [-0.2, 0) is 11.3 Å². The van der Waals surface area contributed by atoms with Crippen molar-refractivity contribution in [3.05, 3.63) is 16.0 Å². The van der Waals surface area contributed by atoms with Gasteiger partial charge in [0.05, 0.1) is 9.77 Å². The third-order valence-corrected chi connectivity index (χ3v) is 2.10. The summed E-state index contributed by atoms with van der Waals surface area (Å²) in [6.07, 6.45) is 4.18. The highest BCUT2D eigenvalue weighted by molar-refractivity contribution is 14.1. The molecule has 1 heterocycles. The predicted molar refractivity (Wildman–Crippen MR) is 58.2 cm³/mol. The van der Waals surface area contributed by atoms with Crippen LogP contribution in [-0.4, -0.2) is 22.2 Å². The van der Waals surface area contributed by atoms with Crippen molar-refractivity contribution < 1.29 is 4.79 Å². The molecule has 0 spiro atoms. The molecule has 13 heavy (non-hydrogen) atoms. The van der Waals surface area contributed by atoms with Crippen molar-refractivity contribution >= 4 is 28.5 Å². The molecular weight excluding hydrogens is 281 g/mol. The van der Waals surface area contributed by atoms with Crippen molar-refractivity contribution in [1.82, 2.24) is 15.1 Å². The molecule has 1 aromatic rings. The molecule has 0 bridgehead atoms. The van der Waals surface area contributed by atoms with Gasteiger partial charge < -0.3 is 5.32 Å². The van der Waals surface area contributed by atoms with Crippen LogP contribution in [0.2, 0.25) is 0 Å². The summed E-state index contributed by atoms with van der Waals surface area (Å²) in [6.45, 7) is 3.25. The number of halogens is 1. The first-order valence-electron chi connectivity index (χ1n) is 4.17. The second-order valence-electron chi connectivity index (χ2n) is 2.63. The van der Waals surface area contributed by atoms with Gasteiger partial charge in [0, 0.05) is 25.7 Å². The van der Waals surface area contributed by atoms with Crippen molar-refractivity contribution in [1.29, 1.82) is 0 Å². The Labute approximate surface area is 90.8 Å². The molecule has 1 aromatic heterocycles. The van der Waals surface area contributed by atoms with E-state index >= 15 is 0 Å². The first kappa shape index (κ1) is 10.5. The quantitative estimate of drug-likeness (QED) is 0.842. The highest BCUT2D eigenvalue weighted by Crippen LogP contribution is 2.01. The van der Waals surface area contributed by atoms with Crippen LogP contribution in [0.5, 0.6) is 0 Å². The Balaban J connectivity index is 2.30. The number of amides is 1. The molecule has 0 saturated carbocycles. The van der Waals surface area contributed by atoms with E-state index in [0.29, 0.717) is 19.5 Å². The number of carbonyl (C=O) groups excluding carboxylic acids is 1. The topological polar surface area (TPSA) is 46.9 Å². The summed E-state index contributed by atoms with van der Waals surface area (Å²) in [5, 5.41) is 6.82. The van der Waals surface area contributed by atoms with Crippen LogP contribution >= 0.6 is 22.6 Å². The Morgan fingerprint density at radius 1 is 1.77 bits per heavy atom. The van der Waals surface area contributed by atoms with E-state index in [9.17, 15) is 4.79 Å². The molecule has 0 unspecified atom stereocenters. The normalized spacial score (nSPS) is 10.0. The van der Waals surface area contributed by atoms with Crippen LogP contribution < -0.4 is 5.32 Å². The Bertz CT molecular complexity index is 285. The average molecular weight is 293 g/mol. The zero-order valence-electron chi connectivity index (χ0n) is 7.46. The minimum Gasteiger partial charge on any atom is -0.356 e. The van der Waals surface area contributed by atoms with Gasteiger partial charge in [-0.25, -0.2) is 0 Å². The number of hydrogen-bond acceptors (Lipinski definition) is 2. The smallest absolute Gasteiger partial charge is 0.221 e. The zero-order chi connectivity index (χ0) is 9.68. The molecule has 0 atom stereocenters. The van der Waals surface area contributed by atoms with Crippen LogP contribution in [0.4, 0.5) is 0 Å². The monoisotopic (exact) mass is 293 g/mol. The molecule has 0 aliphatic carbocycles. The van der Waals surface area contributed by atoms with E-state index in [-0.39, 0.29) is 5.91 Å². The molecule has 1 amide bonds. The largest absolute Gasteiger partial charge is 0.356 e. The first-order chi connectivity index (χ1) is 6.22. The molecule has 72 valence electrons. The maximum absolute atomic E-state index is 11.1. The van der Waals surface area contributed by atoms with Crippen molar-refractivity contribution in [3.8, 4) is 0 Å². The maximum atomic E-state index is 11.1. The fraction of sp³-hybridized carbons (Fsp3) is 0.500. The average Bonchev–Trinajstić information content (AvgIpc) is 2.49. The van der Waals surface area contributed by atoms with E-state index in [1.807, 2.05) is 13.1 Å². The van der Waals surface area contributed by atoms with E-state index in [1.54, 1.807) is 10.9 Å². The third-order valence-electron chi connectivity index (χ3n) is 1.54. The summed E-state index contributed by atoms with van der Waals surface area (Å²) in [4.78, 5) is 11.1. The van der Waals surface area contributed by atoms with Gasteiger partial charge in [-0.05, 0) is 29.5 Å². The van der Waals surface area contributed by atoms with Crippen LogP contribution in [0, 0.1) is 3.57 Å². The lowest BCUT2D eigenvalue weighted by Crippen LogP contribution is -2.23. The predicted octanol–water partition coefficient (Wildman–Crippen LogP) is 1.01. The molecule has 0 fully saturated rings. The van der Waals surface area contributed by atoms with E-state index in [1.165, 1.54) is 0 Å². The molecule has 0 radical (unpaired) electrons. The first-order valence-corrected chi connectivity index (χ1v) is 5.25. The molecular formula is C8H12IN3O. The van der Waals surface area contributed by atoms with Gasteiger partial charge in [-0.3, -0.25) is 9.48 Å². The standard InChI is InChI=1S/C8H12IN3O/c1-2-10-8(13)3-4-12-6-7(9)5-11-12/h5-6H,2-4H2,1H3,(H,10,13). The fourth-order valence-corrected chi connectivity index (χ4v) is 1.41. The summed E-state index contributed by atoms with van der Waals surface area (Å²) < 4.78 is 2.87. The van der Waals surface area contributed by atoms with Gasteiger partial charge in [-0.1, -0.05) is 0 Å². The Hall–Kier alpha value is -0.590. The van der Waals surface area contributed by atoms with E-state index in [0.717, 1.165) is 3.57 Å². The summed E-state index contributed by atoms with van der Waals surface area (Å²) in [6, 6.07) is 0. The molecule has 1 rings (SSSR count). The minimum absolute atomic E-state index is 0.0769. The van der Waals surface area contributed by atoms with E-state index < -0.39 is 0 Å². The number of aryl methyl sites for hydroxylation is 1. The molecule has 0 aromatic carbocycles. The number of carbonyl (C=O) groups is 1. The van der Waals surface area contributed by atoms with Crippen LogP contribution in [0.1, 0.15) is 13.3 Å². The highest BCUT2D eigenvalue weighted by Gasteiger charge is 2.00. The van der Waals surface area contributed by atoms with Gasteiger partial charge in [0.1, 0.15) is 0 Å². The fourth-order valence-electron chi connectivity index (χ4n) is 0.962. The lowest BCUT2D eigenvalue weighted by molar-refractivity contribution is -0.121. The van der Waals surface area contributed by atoms with Crippen molar-refractivity contribution in [2.75, 3.05) is 6.54 Å². The van der Waals surface area contributed by atoms with Gasteiger partial charge in [-0.2, -0.15) is 5.10 Å². The van der Waals surface area contributed by atoms with Crippen molar-refractivity contribution in [3.63, 3.8) is 0 Å². The van der Waals surface area contributed by atoms with Crippen LogP contribution in [0.25, 0.3) is 0 Å². The SMILES string of the molecule is CCNC(=O)CCn1cc(I)cn1. The highest BCUT2D eigenvalue weighted by atomic mass is 127. The lowest BCUT2D eigenvalue weighted by Gasteiger charge is -2.01. The summed E-state index contributed by atoms with van der Waals surface area (Å²) in [5.74, 6) is 0.0769. The second kappa shape index (κ2) is 5.21. The number of nitrogens with zero attached hydrogens (tertiary/aromatic N) is 2. The minimum atomic E-state index is 0.0769. The number of hydrogen-bond donors (Lipinski definition) is 1. The summed E-state index contributed by atoms with van der Waals surface area (Å²) >= 11 is 2.19. The second-order valence-corrected chi connectivity index (χ2v) is 3.87. The van der Waals surface area contributed by atoms with Crippen molar-refractivity contribution in [2.24, 2.45) is 0 Å². The zero-order valence-corrected chi connectivity index (χ0v) is 9.61. The molecule has 0 aliphatic rings. The Kier molecular flexibility index (Phi) is 4.20. The molecule has 5 heteroatoms. The van der Waals surface area contributed by atoms with Crippen molar-refractivity contribution in [2.45, 2.75) is 19.9 Å². The number of nitrogens with one attached hydrogen (secondary N) is 1. The summed E-state index contributed by atoms with van der Waals surface area (Å²) in [7, 11) is 0. The van der Waals surface area contributed by atoms with Gasteiger partial charge in [0.25, 0.3) is 0 Å². The van der Waals surface area contributed by atoms with Gasteiger partial charge >= 0.3 is 0 Å². The van der Waals surface area contributed by atoms with E-state index in [4.69, 9.17) is 0 Å². The lowest BCUT2D eigenvalue weighted by atomic mass is 10.4. The summed E-state index contributed by atoms with van der Waals surface area (Å²) in [5.41, 5.74) is 0. The van der Waals surface area contributed by atoms with E-state index in [2.05, 4.69) is 33.0 Å². The van der Waals surface area contributed by atoms with Crippen LogP contribution in [0.3, 0.4) is 0 Å². The Morgan fingerprint density at radius 3 is 3.08 bits per heavy atom. The van der Waals surface area contributed by atoms with Crippen LogP contribution in [0.15, 0.2) is 12.4 Å². The third kappa shape index (κ3) is 3.75. The van der Waals surface area contributed by atoms with Gasteiger partial charge in [-0.15, -0.1) is 0 Å². The van der Waals surface area contributed by atoms with Gasteiger partial charge in [0.2, 0.25) is 5.91 Å². The molecule has 0 saturated heterocycles. The van der Waals surface area contributed by atoms with Gasteiger partial charge in [0.15, 0.2) is 0 Å².